The zero-order valence-electron chi connectivity index (χ0n) is 10.7. The fraction of sp³-hybridized carbons (Fsp3) is 0.600. The van der Waals surface area contributed by atoms with E-state index in [1.165, 1.54) is 44.9 Å². The van der Waals surface area contributed by atoms with Gasteiger partial charge in [0.25, 0.3) is 0 Å². The second-order valence-corrected chi connectivity index (χ2v) is 5.94. The Hall–Kier alpha value is -0.240. The van der Waals surface area contributed by atoms with Crippen LogP contribution >= 0.6 is 23.2 Å². The van der Waals surface area contributed by atoms with Gasteiger partial charge in [-0.15, -0.1) is 0 Å². The lowest BCUT2D eigenvalue weighted by molar-refractivity contribution is 0.389. The van der Waals surface area contributed by atoms with Crippen LogP contribution in [-0.2, 0) is 6.54 Å². The van der Waals surface area contributed by atoms with E-state index in [9.17, 15) is 0 Å². The molecule has 0 bridgehead atoms. The third kappa shape index (κ3) is 4.15. The van der Waals surface area contributed by atoms with E-state index in [0.717, 1.165) is 22.2 Å². The molecule has 3 heteroatoms. The summed E-state index contributed by atoms with van der Waals surface area (Å²) >= 11 is 12.4. The fourth-order valence-electron chi connectivity index (χ4n) is 2.61. The molecule has 1 fully saturated rings. The molecular weight excluding hydrogens is 265 g/mol. The van der Waals surface area contributed by atoms with Crippen LogP contribution in [0.3, 0.4) is 0 Å². The van der Waals surface area contributed by atoms with E-state index in [4.69, 9.17) is 23.2 Å². The van der Waals surface area contributed by atoms with Gasteiger partial charge in [-0.1, -0.05) is 61.4 Å². The first-order valence-electron chi connectivity index (χ1n) is 6.93. The Bertz CT molecular complexity index is 351. The second kappa shape index (κ2) is 7.37. The van der Waals surface area contributed by atoms with E-state index in [0.29, 0.717) is 6.04 Å². The van der Waals surface area contributed by atoms with Crippen LogP contribution in [0, 0.1) is 0 Å². The molecule has 0 saturated heterocycles. The van der Waals surface area contributed by atoms with Gasteiger partial charge in [-0.2, -0.15) is 0 Å². The highest BCUT2D eigenvalue weighted by atomic mass is 35.5. The van der Waals surface area contributed by atoms with Gasteiger partial charge in [0.1, 0.15) is 0 Å². The lowest BCUT2D eigenvalue weighted by atomic mass is 9.96. The Balaban J connectivity index is 1.89. The number of benzene rings is 1. The van der Waals surface area contributed by atoms with Crippen LogP contribution in [0.15, 0.2) is 18.2 Å². The van der Waals surface area contributed by atoms with Gasteiger partial charge < -0.3 is 5.32 Å². The third-order valence-corrected chi connectivity index (χ3v) is 4.44. The molecule has 1 aliphatic carbocycles. The Morgan fingerprint density at radius 2 is 1.50 bits per heavy atom. The first-order valence-corrected chi connectivity index (χ1v) is 7.69. The maximum Gasteiger partial charge on any atom is 0.0465 e. The van der Waals surface area contributed by atoms with Gasteiger partial charge in [-0.25, -0.2) is 0 Å². The molecule has 0 spiro atoms. The quantitative estimate of drug-likeness (QED) is 0.805. The van der Waals surface area contributed by atoms with Crippen LogP contribution in [-0.4, -0.2) is 6.04 Å². The molecule has 0 atom stereocenters. The lowest BCUT2D eigenvalue weighted by Gasteiger charge is -2.21. The van der Waals surface area contributed by atoms with Crippen molar-refractivity contribution in [3.63, 3.8) is 0 Å². The summed E-state index contributed by atoms with van der Waals surface area (Å²) in [4.78, 5) is 0. The van der Waals surface area contributed by atoms with Crippen molar-refractivity contribution in [3.05, 3.63) is 33.8 Å². The molecule has 18 heavy (non-hydrogen) atoms. The minimum absolute atomic E-state index is 0.623. The van der Waals surface area contributed by atoms with Gasteiger partial charge in [0.15, 0.2) is 0 Å². The summed E-state index contributed by atoms with van der Waals surface area (Å²) < 4.78 is 0. The maximum atomic E-state index is 6.18. The molecule has 100 valence electrons. The molecule has 1 N–H and O–H groups in total. The molecule has 0 radical (unpaired) electrons. The standard InChI is InChI=1S/C15H21Cl2N/c16-14-9-6-10-15(17)13(14)11-18-12-7-4-2-1-3-5-8-12/h6,9-10,12,18H,1-5,7-8,11H2. The predicted octanol–water partition coefficient (Wildman–Crippen LogP) is 5.20. The van der Waals surface area contributed by atoms with Crippen LogP contribution in [0.25, 0.3) is 0 Å². The van der Waals surface area contributed by atoms with Crippen LogP contribution in [0.4, 0.5) is 0 Å². The van der Waals surface area contributed by atoms with Crippen LogP contribution < -0.4 is 5.32 Å². The van der Waals surface area contributed by atoms with E-state index in [2.05, 4.69) is 5.32 Å². The van der Waals surface area contributed by atoms with Crippen LogP contribution in [0.1, 0.15) is 50.5 Å². The molecule has 0 aromatic heterocycles. The van der Waals surface area contributed by atoms with Crippen LogP contribution in [0.2, 0.25) is 10.0 Å². The Kier molecular flexibility index (Phi) is 5.81. The highest BCUT2D eigenvalue weighted by molar-refractivity contribution is 6.35. The molecular formula is C15H21Cl2N. The SMILES string of the molecule is Clc1cccc(Cl)c1CNC1CCCCCCC1. The molecule has 0 aliphatic heterocycles. The number of halogens is 2. The molecule has 1 saturated carbocycles. The summed E-state index contributed by atoms with van der Waals surface area (Å²) in [6.07, 6.45) is 9.41. The molecule has 0 heterocycles. The minimum Gasteiger partial charge on any atom is -0.310 e. The smallest absolute Gasteiger partial charge is 0.0465 e. The summed E-state index contributed by atoms with van der Waals surface area (Å²) in [5.74, 6) is 0. The Morgan fingerprint density at radius 1 is 0.944 bits per heavy atom. The number of hydrogen-bond donors (Lipinski definition) is 1. The first kappa shape index (κ1) is 14.2. The average Bonchev–Trinajstić information content (AvgIpc) is 2.30. The fourth-order valence-corrected chi connectivity index (χ4v) is 3.14. The second-order valence-electron chi connectivity index (χ2n) is 5.12. The van der Waals surface area contributed by atoms with Crippen LogP contribution in [0.5, 0.6) is 0 Å². The van der Waals surface area contributed by atoms with E-state index < -0.39 is 0 Å². The molecule has 0 amide bonds. The minimum atomic E-state index is 0.623. The first-order chi connectivity index (χ1) is 8.77. The number of nitrogens with one attached hydrogen (secondary N) is 1. The van der Waals surface area contributed by atoms with E-state index in [1.54, 1.807) is 0 Å². The van der Waals surface area contributed by atoms with E-state index in [-0.39, 0.29) is 0 Å². The molecule has 0 unspecified atom stereocenters. The van der Waals surface area contributed by atoms with Crippen molar-refractivity contribution in [1.29, 1.82) is 0 Å². The normalized spacial score (nSPS) is 18.3. The summed E-state index contributed by atoms with van der Waals surface area (Å²) in [6, 6.07) is 6.33. The van der Waals surface area contributed by atoms with Gasteiger partial charge in [-0.05, 0) is 25.0 Å². The highest BCUT2D eigenvalue weighted by Gasteiger charge is 2.12. The third-order valence-electron chi connectivity index (χ3n) is 3.73. The molecule has 1 aromatic rings. The number of hydrogen-bond acceptors (Lipinski definition) is 1. The van der Waals surface area contributed by atoms with Crippen molar-refractivity contribution < 1.29 is 0 Å². The molecule has 1 nitrogen and oxygen atoms in total. The Labute approximate surface area is 120 Å². The van der Waals surface area contributed by atoms with Crippen molar-refractivity contribution in [1.82, 2.24) is 5.32 Å². The maximum absolute atomic E-state index is 6.18. The van der Waals surface area contributed by atoms with Crippen molar-refractivity contribution in [2.75, 3.05) is 0 Å². The number of rotatable bonds is 3. The van der Waals surface area contributed by atoms with Gasteiger partial charge in [0.2, 0.25) is 0 Å². The molecule has 1 aromatic carbocycles. The summed E-state index contributed by atoms with van der Waals surface area (Å²) in [6.45, 7) is 0.781. The highest BCUT2D eigenvalue weighted by Crippen LogP contribution is 2.25. The van der Waals surface area contributed by atoms with Crippen molar-refractivity contribution >= 4 is 23.2 Å². The van der Waals surface area contributed by atoms with Crippen molar-refractivity contribution in [2.24, 2.45) is 0 Å². The molecule has 1 aliphatic rings. The monoisotopic (exact) mass is 285 g/mol. The van der Waals surface area contributed by atoms with Crippen molar-refractivity contribution in [2.45, 2.75) is 57.5 Å². The lowest BCUT2D eigenvalue weighted by Crippen LogP contribution is -2.29. The van der Waals surface area contributed by atoms with Gasteiger partial charge >= 0.3 is 0 Å². The zero-order valence-corrected chi connectivity index (χ0v) is 12.2. The summed E-state index contributed by atoms with van der Waals surface area (Å²) in [5, 5.41) is 5.15. The summed E-state index contributed by atoms with van der Waals surface area (Å²) in [7, 11) is 0. The van der Waals surface area contributed by atoms with Gasteiger partial charge in [-0.3, -0.25) is 0 Å². The average molecular weight is 286 g/mol. The topological polar surface area (TPSA) is 12.0 Å². The van der Waals surface area contributed by atoms with Crippen molar-refractivity contribution in [3.8, 4) is 0 Å². The van der Waals surface area contributed by atoms with E-state index in [1.807, 2.05) is 18.2 Å². The van der Waals surface area contributed by atoms with Gasteiger partial charge in [0.05, 0.1) is 0 Å². The summed E-state index contributed by atoms with van der Waals surface area (Å²) in [5.41, 5.74) is 1.03. The van der Waals surface area contributed by atoms with Gasteiger partial charge in [0, 0.05) is 28.2 Å². The van der Waals surface area contributed by atoms with E-state index >= 15 is 0 Å². The largest absolute Gasteiger partial charge is 0.310 e. The predicted molar refractivity (Wildman–Crippen MR) is 79.4 cm³/mol. The zero-order chi connectivity index (χ0) is 12.8. The molecule has 2 rings (SSSR count). The Morgan fingerprint density at radius 3 is 2.11 bits per heavy atom.